The van der Waals surface area contributed by atoms with Crippen LogP contribution in [0.2, 0.25) is 0 Å². The average Bonchev–Trinajstić information content (AvgIpc) is 3.51. The third kappa shape index (κ3) is 4.88. The molecule has 1 atom stereocenters. The van der Waals surface area contributed by atoms with Crippen LogP contribution in [0.4, 0.5) is 5.69 Å². The van der Waals surface area contributed by atoms with Gasteiger partial charge in [-0.25, -0.2) is 4.99 Å². The lowest BCUT2D eigenvalue weighted by atomic mass is 9.81. The van der Waals surface area contributed by atoms with Crippen LogP contribution in [0.25, 0.3) is 16.8 Å². The van der Waals surface area contributed by atoms with Crippen LogP contribution in [0.5, 0.6) is 0 Å². The Hall–Kier alpha value is -4.14. The number of aromatic nitrogens is 5. The predicted octanol–water partition coefficient (Wildman–Crippen LogP) is 5.60. The minimum absolute atomic E-state index is 0.222. The van der Waals surface area contributed by atoms with Gasteiger partial charge in [0.2, 0.25) is 0 Å². The normalized spacial score (nSPS) is 17.8. The van der Waals surface area contributed by atoms with Crippen LogP contribution >= 0.6 is 0 Å². The molecule has 196 valence electrons. The van der Waals surface area contributed by atoms with Crippen LogP contribution in [0.1, 0.15) is 68.9 Å². The molecule has 2 N–H and O–H groups in total. The van der Waals surface area contributed by atoms with Crippen molar-refractivity contribution < 1.29 is 0 Å². The molecule has 2 aliphatic rings. The molecule has 1 unspecified atom stereocenters. The highest BCUT2D eigenvalue weighted by molar-refractivity contribution is 5.98. The van der Waals surface area contributed by atoms with Crippen molar-refractivity contribution in [2.24, 2.45) is 17.0 Å². The lowest BCUT2D eigenvalue weighted by Crippen LogP contribution is -2.14. The predicted molar refractivity (Wildman–Crippen MR) is 154 cm³/mol. The van der Waals surface area contributed by atoms with Gasteiger partial charge in [0.05, 0.1) is 34.9 Å². The van der Waals surface area contributed by atoms with Crippen LogP contribution in [0.15, 0.2) is 58.1 Å². The molecule has 0 saturated heterocycles. The lowest BCUT2D eigenvalue weighted by Gasteiger charge is -2.24. The van der Waals surface area contributed by atoms with Crippen LogP contribution in [0, 0.1) is 5.41 Å². The fourth-order valence-corrected chi connectivity index (χ4v) is 5.21. The van der Waals surface area contributed by atoms with Crippen LogP contribution in [0.3, 0.4) is 0 Å². The summed E-state index contributed by atoms with van der Waals surface area (Å²) >= 11 is 0. The monoisotopic (exact) mass is 509 g/mol. The SMILES string of the molecule is CN=CC(C=N)c1ccc(-c2c3c(nn2C)CC/C2=C/N=C(Nc4cnn(C(C)C)c4)CCC(C)=C23)cn1. The Labute approximate surface area is 223 Å². The van der Waals surface area contributed by atoms with Crippen molar-refractivity contribution in [3.8, 4) is 11.3 Å². The van der Waals surface area contributed by atoms with E-state index in [1.165, 1.54) is 28.5 Å². The van der Waals surface area contributed by atoms with Gasteiger partial charge in [0.25, 0.3) is 0 Å². The molecule has 9 heteroatoms. The Kier molecular flexibility index (Phi) is 7.18. The van der Waals surface area contributed by atoms with Crippen molar-refractivity contribution >= 4 is 29.5 Å². The minimum Gasteiger partial charge on any atom is -0.341 e. The Bertz CT molecular complexity index is 1460. The number of nitrogens with one attached hydrogen (secondary N) is 2. The topological polar surface area (TPSA) is 109 Å². The molecular formula is C29H35N9. The Morgan fingerprint density at radius 1 is 1.13 bits per heavy atom. The first-order valence-corrected chi connectivity index (χ1v) is 13.1. The lowest BCUT2D eigenvalue weighted by molar-refractivity contribution is 0.532. The number of aryl methyl sites for hydroxylation is 2. The smallest absolute Gasteiger partial charge is 0.106 e. The van der Waals surface area contributed by atoms with E-state index in [2.05, 4.69) is 47.2 Å². The first-order valence-electron chi connectivity index (χ1n) is 13.1. The summed E-state index contributed by atoms with van der Waals surface area (Å²) in [5, 5.41) is 20.5. The van der Waals surface area contributed by atoms with Gasteiger partial charge in [0.1, 0.15) is 5.84 Å². The van der Waals surface area contributed by atoms with Crippen molar-refractivity contribution in [2.45, 2.75) is 58.4 Å². The maximum absolute atomic E-state index is 7.71. The summed E-state index contributed by atoms with van der Waals surface area (Å²) in [6.07, 6.45) is 14.4. The summed E-state index contributed by atoms with van der Waals surface area (Å²) < 4.78 is 3.93. The Morgan fingerprint density at radius 2 is 1.97 bits per heavy atom. The summed E-state index contributed by atoms with van der Waals surface area (Å²) in [6.45, 7) is 6.47. The van der Waals surface area contributed by atoms with Gasteiger partial charge in [-0.2, -0.15) is 10.2 Å². The minimum atomic E-state index is -0.222. The zero-order valence-corrected chi connectivity index (χ0v) is 22.7. The van der Waals surface area contributed by atoms with Crippen molar-refractivity contribution in [3.05, 3.63) is 65.0 Å². The molecule has 1 aliphatic carbocycles. The number of hydrogen-bond acceptors (Lipinski definition) is 7. The second-order valence-corrected chi connectivity index (χ2v) is 10.2. The molecule has 1 aliphatic heterocycles. The van der Waals surface area contributed by atoms with E-state index >= 15 is 0 Å². The van der Waals surface area contributed by atoms with Crippen molar-refractivity contribution in [3.63, 3.8) is 0 Å². The van der Waals surface area contributed by atoms with Crippen molar-refractivity contribution in [1.82, 2.24) is 24.5 Å². The molecule has 0 fully saturated rings. The molecule has 0 spiro atoms. The first-order chi connectivity index (χ1) is 18.4. The summed E-state index contributed by atoms with van der Waals surface area (Å²) in [6, 6.07) is 4.38. The number of hydrogen-bond donors (Lipinski definition) is 2. The van der Waals surface area contributed by atoms with Crippen LogP contribution < -0.4 is 5.32 Å². The summed E-state index contributed by atoms with van der Waals surface area (Å²) in [4.78, 5) is 13.6. The Balaban J connectivity index is 1.49. The molecule has 9 nitrogen and oxygen atoms in total. The fourth-order valence-electron chi connectivity index (χ4n) is 5.21. The third-order valence-electron chi connectivity index (χ3n) is 7.17. The number of nitrogens with zero attached hydrogens (tertiary/aromatic N) is 7. The van der Waals surface area contributed by atoms with Gasteiger partial charge >= 0.3 is 0 Å². The molecule has 0 saturated carbocycles. The summed E-state index contributed by atoms with van der Waals surface area (Å²) in [5.74, 6) is 0.729. The molecule has 3 aromatic rings. The van der Waals surface area contributed by atoms with Gasteiger partial charge in [-0.3, -0.25) is 19.3 Å². The fraction of sp³-hybridized carbons (Fsp3) is 0.379. The number of anilines is 1. The van der Waals surface area contributed by atoms with Gasteiger partial charge in [-0.15, -0.1) is 0 Å². The quantitative estimate of drug-likeness (QED) is 0.421. The summed E-state index contributed by atoms with van der Waals surface area (Å²) in [5.41, 5.74) is 10.0. The zero-order valence-electron chi connectivity index (χ0n) is 22.7. The van der Waals surface area contributed by atoms with Gasteiger partial charge in [-0.1, -0.05) is 5.57 Å². The van der Waals surface area contributed by atoms with Crippen molar-refractivity contribution in [2.75, 3.05) is 12.4 Å². The van der Waals surface area contributed by atoms with E-state index in [0.29, 0.717) is 6.04 Å². The largest absolute Gasteiger partial charge is 0.341 e. The highest BCUT2D eigenvalue weighted by Crippen LogP contribution is 2.43. The van der Waals surface area contributed by atoms with Gasteiger partial charge in [0, 0.05) is 68.7 Å². The number of allylic oxidation sites excluding steroid dienone is 3. The Morgan fingerprint density at radius 3 is 2.66 bits per heavy atom. The van der Waals surface area contributed by atoms with Crippen LogP contribution in [-0.2, 0) is 13.5 Å². The van der Waals surface area contributed by atoms with E-state index in [1.54, 1.807) is 13.3 Å². The van der Waals surface area contributed by atoms with E-state index in [0.717, 1.165) is 59.9 Å². The van der Waals surface area contributed by atoms with Gasteiger partial charge in [0.15, 0.2) is 0 Å². The maximum Gasteiger partial charge on any atom is 0.106 e. The van der Waals surface area contributed by atoms with Gasteiger partial charge < -0.3 is 10.7 Å². The average molecular weight is 510 g/mol. The molecule has 38 heavy (non-hydrogen) atoms. The van der Waals surface area contributed by atoms with Gasteiger partial charge in [-0.05, 0) is 63.3 Å². The summed E-state index contributed by atoms with van der Waals surface area (Å²) in [7, 11) is 3.72. The highest BCUT2D eigenvalue weighted by Gasteiger charge is 2.29. The molecule has 0 aromatic carbocycles. The highest BCUT2D eigenvalue weighted by atomic mass is 15.3. The second kappa shape index (κ2) is 10.7. The number of rotatable bonds is 6. The molecule has 0 radical (unpaired) electrons. The zero-order chi connectivity index (χ0) is 26.8. The molecule has 4 heterocycles. The molecular weight excluding hydrogens is 474 g/mol. The number of amidine groups is 1. The molecule has 5 rings (SSSR count). The maximum atomic E-state index is 7.71. The van der Waals surface area contributed by atoms with E-state index in [9.17, 15) is 0 Å². The number of aliphatic imine (C=N–C) groups is 2. The number of fused-ring (bicyclic) bond motifs is 3. The first kappa shape index (κ1) is 25.5. The van der Waals surface area contributed by atoms with Crippen LogP contribution in [-0.4, -0.2) is 49.9 Å². The van der Waals surface area contributed by atoms with E-state index in [-0.39, 0.29) is 5.92 Å². The second-order valence-electron chi connectivity index (χ2n) is 10.2. The standard InChI is InChI=1S/C29H35N9/c1-18(2)38-17-23(16-34-38)35-26-11-6-19(3)27-20(14-33-26)7-10-25-28(27)29(37(5)36-25)21-8-9-24(32-15-21)22(12-30)13-31-4/h8-9,12-18,22,30H,6-7,10-11H2,1-5H3,(H,33,35)/b20-14-,27-19?,30-12?,31-13?. The molecule has 0 bridgehead atoms. The van der Waals surface area contributed by atoms with E-state index in [1.807, 2.05) is 47.3 Å². The third-order valence-corrected chi connectivity index (χ3v) is 7.17. The van der Waals surface area contributed by atoms with Crippen molar-refractivity contribution in [1.29, 1.82) is 5.41 Å². The molecule has 3 aromatic heterocycles. The van der Waals surface area contributed by atoms with E-state index in [4.69, 9.17) is 15.5 Å². The molecule has 0 amide bonds. The number of pyridine rings is 1. The van der Waals surface area contributed by atoms with E-state index < -0.39 is 0 Å².